The third-order valence-electron chi connectivity index (χ3n) is 2.74. The van der Waals surface area contributed by atoms with Crippen LogP contribution in [0.1, 0.15) is 6.92 Å². The number of carbonyl (C=O) groups is 1. The largest absolute Gasteiger partial charge is 1.00 e. The van der Waals surface area contributed by atoms with Crippen LogP contribution in [0, 0.1) is 9.54 Å². The van der Waals surface area contributed by atoms with E-state index in [1.807, 2.05) is 0 Å². The Morgan fingerprint density at radius 3 is 2.58 bits per heavy atom. The Hall–Kier alpha value is -1.86. The van der Waals surface area contributed by atoms with Gasteiger partial charge in [0.05, 0.1) is 12.0 Å². The van der Waals surface area contributed by atoms with Crippen LogP contribution in [-0.4, -0.2) is 33.7 Å². The molecule has 8 nitrogen and oxygen atoms in total. The molecule has 1 unspecified atom stereocenters. The first-order valence-electron chi connectivity index (χ1n) is 6.59. The van der Waals surface area contributed by atoms with E-state index >= 15 is 0 Å². The molecule has 1 atom stereocenters. The van der Waals surface area contributed by atoms with Gasteiger partial charge in [-0.3, -0.25) is 0 Å². The molecule has 0 aliphatic heterocycles. The number of anilines is 2. The molecule has 0 amide bonds. The van der Waals surface area contributed by atoms with Crippen LogP contribution in [0.15, 0.2) is 24.3 Å². The van der Waals surface area contributed by atoms with Crippen molar-refractivity contribution in [3.8, 4) is 5.75 Å². The number of carbonyl (C=O) groups excluding carboxylic acids is 1. The number of ether oxygens (including phenoxy) is 1. The molecule has 11 heteroatoms. The number of benzene rings is 1. The summed E-state index contributed by atoms with van der Waals surface area (Å²) in [5.41, 5.74) is 0.655. The molecule has 1 aromatic carbocycles. The molecule has 0 fully saturated rings. The summed E-state index contributed by atoms with van der Waals surface area (Å²) in [6.07, 6.45) is 0. The predicted octanol–water partition coefficient (Wildman–Crippen LogP) is -1.80. The van der Waals surface area contributed by atoms with Crippen molar-refractivity contribution >= 4 is 42.0 Å². The Morgan fingerprint density at radius 2 is 2.00 bits per heavy atom. The van der Waals surface area contributed by atoms with Gasteiger partial charge in [-0.05, 0) is 55.6 Å². The second-order valence-corrected chi connectivity index (χ2v) is 5.31. The Morgan fingerprint density at radius 1 is 1.33 bits per heavy atom. The summed E-state index contributed by atoms with van der Waals surface area (Å²) >= 11 is 9.86. The topological polar surface area (TPSA) is 118 Å². The zero-order valence-corrected chi connectivity index (χ0v) is 14.7. The van der Waals surface area contributed by atoms with Crippen LogP contribution >= 0.6 is 24.4 Å². The van der Waals surface area contributed by atoms with Crippen LogP contribution in [0.2, 0.25) is 0 Å². The standard InChI is InChI=1S/C13H15N5O3S2.Li/c1-7(10(19)20)15-8-2-4-9(5-3-8)21-6-14-11-16-12(22)18-13(23)17-11;/h2-5,7,15H,6H2,1H3,(H,19,20)(H3,14,16,17,18,22,23);/q;+1/p-1. The molecule has 0 radical (unpaired) electrons. The number of aromatic amines is 2. The molecule has 2 rings (SSSR count). The third-order valence-corrected chi connectivity index (χ3v) is 3.13. The van der Waals surface area contributed by atoms with Crippen LogP contribution in [0.25, 0.3) is 0 Å². The van der Waals surface area contributed by atoms with E-state index in [0.29, 0.717) is 22.2 Å². The zero-order valence-electron chi connectivity index (χ0n) is 13.1. The van der Waals surface area contributed by atoms with Gasteiger partial charge in [-0.15, -0.1) is 0 Å². The monoisotopic (exact) mass is 359 g/mol. The molecule has 0 saturated carbocycles. The van der Waals surface area contributed by atoms with Gasteiger partial charge in [0.1, 0.15) is 5.75 Å². The van der Waals surface area contributed by atoms with Gasteiger partial charge in [-0.2, -0.15) is 4.98 Å². The quantitative estimate of drug-likeness (QED) is 0.260. The van der Waals surface area contributed by atoms with Gasteiger partial charge in [0.15, 0.2) is 11.5 Å². The number of nitrogens with zero attached hydrogens (tertiary/aromatic N) is 1. The van der Waals surface area contributed by atoms with E-state index in [4.69, 9.17) is 29.2 Å². The van der Waals surface area contributed by atoms with Crippen LogP contribution in [-0.2, 0) is 4.79 Å². The smallest absolute Gasteiger partial charge is 0.548 e. The number of rotatable bonds is 7. The summed E-state index contributed by atoms with van der Waals surface area (Å²) in [6, 6.07) is 6.05. The van der Waals surface area contributed by atoms with Crippen molar-refractivity contribution in [2.24, 2.45) is 0 Å². The SMILES string of the molecule is CC(Nc1ccc(OCNc2nc(=S)[nH]c(=S)[nH]2)cc1)C(=O)[O-].[Li+]. The molecular formula is C13H14LiN5O3S2. The van der Waals surface area contributed by atoms with E-state index in [1.54, 1.807) is 24.3 Å². The molecule has 0 spiro atoms. The van der Waals surface area contributed by atoms with Gasteiger partial charge in [0, 0.05) is 5.69 Å². The second kappa shape index (κ2) is 9.44. The second-order valence-electron chi connectivity index (χ2n) is 4.52. The fourth-order valence-electron chi connectivity index (χ4n) is 1.62. The minimum Gasteiger partial charge on any atom is -0.548 e. The van der Waals surface area contributed by atoms with E-state index in [9.17, 15) is 9.90 Å². The van der Waals surface area contributed by atoms with Gasteiger partial charge >= 0.3 is 18.9 Å². The maximum Gasteiger partial charge on any atom is 1.00 e. The van der Waals surface area contributed by atoms with Crippen LogP contribution in [0.4, 0.5) is 11.6 Å². The van der Waals surface area contributed by atoms with Crippen LogP contribution in [0.3, 0.4) is 0 Å². The summed E-state index contributed by atoms with van der Waals surface area (Å²) in [4.78, 5) is 20.1. The van der Waals surface area contributed by atoms with Gasteiger partial charge in [0.2, 0.25) is 10.7 Å². The van der Waals surface area contributed by atoms with E-state index in [-0.39, 0.29) is 30.4 Å². The molecule has 0 saturated heterocycles. The van der Waals surface area contributed by atoms with Gasteiger partial charge in [0.25, 0.3) is 0 Å². The van der Waals surface area contributed by atoms with Crippen molar-refractivity contribution in [3.63, 3.8) is 0 Å². The van der Waals surface area contributed by atoms with Crippen molar-refractivity contribution in [2.45, 2.75) is 13.0 Å². The molecule has 2 aromatic rings. The zero-order chi connectivity index (χ0) is 16.8. The Balaban J connectivity index is 0.00000288. The first-order chi connectivity index (χ1) is 10.9. The minimum absolute atomic E-state index is 0. The molecule has 0 aliphatic rings. The molecule has 4 N–H and O–H groups in total. The number of hydrogen-bond acceptors (Lipinski definition) is 8. The van der Waals surface area contributed by atoms with Gasteiger partial charge in [-0.25, -0.2) is 0 Å². The number of nitrogens with one attached hydrogen (secondary N) is 4. The normalized spacial score (nSPS) is 11.0. The first-order valence-corrected chi connectivity index (χ1v) is 7.40. The average molecular weight is 359 g/mol. The molecule has 24 heavy (non-hydrogen) atoms. The number of carboxylic acid groups (broad SMARTS) is 1. The van der Waals surface area contributed by atoms with Crippen molar-refractivity contribution in [3.05, 3.63) is 33.8 Å². The van der Waals surface area contributed by atoms with Crippen molar-refractivity contribution in [1.29, 1.82) is 0 Å². The molecule has 122 valence electrons. The van der Waals surface area contributed by atoms with E-state index in [1.165, 1.54) is 6.92 Å². The summed E-state index contributed by atoms with van der Waals surface area (Å²) in [7, 11) is 0. The minimum atomic E-state index is -1.17. The summed E-state index contributed by atoms with van der Waals surface area (Å²) in [6.45, 7) is 1.66. The Kier molecular flexibility index (Phi) is 7.94. The molecule has 1 heterocycles. The van der Waals surface area contributed by atoms with Crippen LogP contribution in [0.5, 0.6) is 5.75 Å². The Bertz CT molecular complexity index is 765. The summed E-state index contributed by atoms with van der Waals surface area (Å²) in [5.74, 6) is -0.163. The number of aliphatic carboxylic acids is 1. The molecular weight excluding hydrogens is 345 g/mol. The molecule has 0 aliphatic carbocycles. The molecule has 0 bridgehead atoms. The maximum atomic E-state index is 10.7. The fraction of sp³-hybridized carbons (Fsp3) is 0.231. The maximum absolute atomic E-state index is 10.7. The number of H-pyrrole nitrogens is 2. The van der Waals surface area contributed by atoms with Gasteiger partial charge < -0.3 is 35.2 Å². The molecule has 1 aromatic heterocycles. The number of carboxylic acids is 1. The summed E-state index contributed by atoms with van der Waals surface area (Å²) < 4.78 is 6.13. The summed E-state index contributed by atoms with van der Waals surface area (Å²) in [5, 5.41) is 16.3. The van der Waals surface area contributed by atoms with E-state index < -0.39 is 12.0 Å². The van der Waals surface area contributed by atoms with Crippen molar-refractivity contribution in [1.82, 2.24) is 15.0 Å². The Labute approximate surface area is 160 Å². The van der Waals surface area contributed by atoms with Crippen molar-refractivity contribution in [2.75, 3.05) is 17.4 Å². The third kappa shape index (κ3) is 6.33. The fourth-order valence-corrected chi connectivity index (χ4v) is 2.07. The van der Waals surface area contributed by atoms with Crippen molar-refractivity contribution < 1.29 is 33.5 Å². The van der Waals surface area contributed by atoms with E-state index in [0.717, 1.165) is 0 Å². The van der Waals surface area contributed by atoms with E-state index in [2.05, 4.69) is 25.6 Å². The average Bonchev–Trinajstić information content (AvgIpc) is 2.48. The number of hydrogen-bond donors (Lipinski definition) is 4. The van der Waals surface area contributed by atoms with Gasteiger partial charge in [-0.1, -0.05) is 0 Å². The number of aromatic nitrogens is 3. The van der Waals surface area contributed by atoms with Crippen LogP contribution < -0.4 is 39.3 Å². The first kappa shape index (κ1) is 20.2. The predicted molar refractivity (Wildman–Crippen MR) is 88.3 cm³/mol.